The number of piperidine rings is 1. The molecule has 138 valence electrons. The number of nitrogens with zero attached hydrogens (tertiary/aromatic N) is 2. The van der Waals surface area contributed by atoms with Crippen LogP contribution in [-0.4, -0.2) is 46.5 Å². The molecule has 0 bridgehead atoms. The van der Waals surface area contributed by atoms with E-state index in [4.69, 9.17) is 4.74 Å². The van der Waals surface area contributed by atoms with Gasteiger partial charge >= 0.3 is 0 Å². The summed E-state index contributed by atoms with van der Waals surface area (Å²) in [6.45, 7) is 2.06. The maximum absolute atomic E-state index is 12.5. The summed E-state index contributed by atoms with van der Waals surface area (Å²) in [5.74, 6) is 1.82. The second-order valence-corrected chi connectivity index (χ2v) is 7.49. The highest BCUT2D eigenvalue weighted by Gasteiger charge is 2.43. The molecule has 1 fully saturated rings. The average molecular weight is 354 g/mol. The van der Waals surface area contributed by atoms with Gasteiger partial charge in [0.25, 0.3) is 0 Å². The largest absolute Gasteiger partial charge is 0.487 e. The highest BCUT2D eigenvalue weighted by Crippen LogP contribution is 2.44. The van der Waals surface area contributed by atoms with Crippen LogP contribution >= 0.6 is 0 Å². The Bertz CT molecular complexity index is 751. The molecule has 26 heavy (non-hydrogen) atoms. The number of carbonyl (C=O) groups excluding carboxylic acids is 1. The molecule has 1 unspecified atom stereocenters. The highest BCUT2D eigenvalue weighted by molar-refractivity contribution is 5.76. The Kier molecular flexibility index (Phi) is 4.68. The number of hydrogen-bond acceptors (Lipinski definition) is 4. The fraction of sp³-hybridized carbons (Fsp3) is 0.500. The van der Waals surface area contributed by atoms with Gasteiger partial charge in [0, 0.05) is 50.3 Å². The SMILES string of the molecule is CN1CCC2(CC1)CC(NC(=O)CCc1ncc[nH]1)c1ccccc1O2. The Labute approximate surface area is 154 Å². The summed E-state index contributed by atoms with van der Waals surface area (Å²) in [6.07, 6.45) is 7.39. The van der Waals surface area contributed by atoms with Crippen molar-refractivity contribution >= 4 is 5.91 Å². The van der Waals surface area contributed by atoms with Gasteiger partial charge in [-0.15, -0.1) is 0 Å². The van der Waals surface area contributed by atoms with Crippen molar-refractivity contribution in [1.82, 2.24) is 20.2 Å². The molecule has 1 aromatic heterocycles. The van der Waals surface area contributed by atoms with Crippen LogP contribution in [0.2, 0.25) is 0 Å². The van der Waals surface area contributed by atoms with E-state index in [0.717, 1.165) is 49.5 Å². The van der Waals surface area contributed by atoms with Gasteiger partial charge in [0.1, 0.15) is 17.2 Å². The fourth-order valence-electron chi connectivity index (χ4n) is 4.01. The van der Waals surface area contributed by atoms with E-state index in [-0.39, 0.29) is 17.6 Å². The maximum atomic E-state index is 12.5. The lowest BCUT2D eigenvalue weighted by molar-refractivity contribution is -0.122. The van der Waals surface area contributed by atoms with Gasteiger partial charge in [-0.1, -0.05) is 18.2 Å². The van der Waals surface area contributed by atoms with Gasteiger partial charge in [-0.3, -0.25) is 4.79 Å². The normalized spacial score (nSPS) is 21.8. The van der Waals surface area contributed by atoms with E-state index in [1.54, 1.807) is 12.4 Å². The standard InChI is InChI=1S/C20H26N4O2/c1-24-12-8-20(9-13-24)14-16(15-4-2-3-5-17(15)26-20)23-19(25)7-6-18-21-10-11-22-18/h2-5,10-11,16H,6-9,12-14H2,1H3,(H,21,22)(H,23,25). The Morgan fingerprint density at radius 3 is 2.96 bits per heavy atom. The van der Waals surface area contributed by atoms with Crippen molar-refractivity contribution in [1.29, 1.82) is 0 Å². The Morgan fingerprint density at radius 2 is 2.19 bits per heavy atom. The number of imidazole rings is 1. The smallest absolute Gasteiger partial charge is 0.220 e. The second-order valence-electron chi connectivity index (χ2n) is 7.49. The molecule has 4 rings (SSSR count). The number of aromatic nitrogens is 2. The van der Waals surface area contributed by atoms with E-state index in [0.29, 0.717) is 12.8 Å². The zero-order valence-electron chi connectivity index (χ0n) is 15.2. The number of ether oxygens (including phenoxy) is 1. The maximum Gasteiger partial charge on any atom is 0.220 e. The topological polar surface area (TPSA) is 70.2 Å². The average Bonchev–Trinajstić information content (AvgIpc) is 3.16. The van der Waals surface area contributed by atoms with Crippen molar-refractivity contribution < 1.29 is 9.53 Å². The molecule has 0 aliphatic carbocycles. The van der Waals surface area contributed by atoms with Gasteiger partial charge in [0.2, 0.25) is 5.91 Å². The molecule has 2 aromatic rings. The van der Waals surface area contributed by atoms with E-state index >= 15 is 0 Å². The van der Waals surface area contributed by atoms with Crippen molar-refractivity contribution in [2.45, 2.75) is 43.7 Å². The number of rotatable bonds is 4. The number of para-hydroxylation sites is 1. The predicted molar refractivity (Wildman–Crippen MR) is 98.9 cm³/mol. The monoisotopic (exact) mass is 354 g/mol. The van der Waals surface area contributed by atoms with Gasteiger partial charge in [-0.05, 0) is 26.0 Å². The summed E-state index contributed by atoms with van der Waals surface area (Å²) >= 11 is 0. The molecular weight excluding hydrogens is 328 g/mol. The molecule has 1 spiro atoms. The first kappa shape index (κ1) is 17.1. The molecule has 6 heteroatoms. The van der Waals surface area contributed by atoms with Crippen LogP contribution < -0.4 is 10.1 Å². The summed E-state index contributed by atoms with van der Waals surface area (Å²) in [5.41, 5.74) is 0.920. The van der Waals surface area contributed by atoms with Crippen LogP contribution in [0, 0.1) is 0 Å². The number of hydrogen-bond donors (Lipinski definition) is 2. The van der Waals surface area contributed by atoms with E-state index < -0.39 is 0 Å². The zero-order valence-corrected chi connectivity index (χ0v) is 15.2. The van der Waals surface area contributed by atoms with Crippen LogP contribution in [0.3, 0.4) is 0 Å². The van der Waals surface area contributed by atoms with Gasteiger partial charge in [-0.2, -0.15) is 0 Å². The Morgan fingerprint density at radius 1 is 1.38 bits per heavy atom. The van der Waals surface area contributed by atoms with Crippen LogP contribution in [0.15, 0.2) is 36.7 Å². The number of H-pyrrole nitrogens is 1. The molecule has 6 nitrogen and oxygen atoms in total. The molecule has 3 heterocycles. The summed E-state index contributed by atoms with van der Waals surface area (Å²) < 4.78 is 6.45. The lowest BCUT2D eigenvalue weighted by atomic mass is 9.80. The molecule has 0 radical (unpaired) electrons. The second kappa shape index (κ2) is 7.11. The van der Waals surface area contributed by atoms with Crippen molar-refractivity contribution in [3.8, 4) is 5.75 Å². The predicted octanol–water partition coefficient (Wildman–Crippen LogP) is 2.45. The van der Waals surface area contributed by atoms with Crippen molar-refractivity contribution in [3.05, 3.63) is 48.0 Å². The van der Waals surface area contributed by atoms with Gasteiger partial charge < -0.3 is 19.9 Å². The van der Waals surface area contributed by atoms with Crippen LogP contribution in [-0.2, 0) is 11.2 Å². The highest BCUT2D eigenvalue weighted by atomic mass is 16.5. The summed E-state index contributed by atoms with van der Waals surface area (Å²) in [4.78, 5) is 22.1. The molecule has 2 aliphatic rings. The number of aromatic amines is 1. The summed E-state index contributed by atoms with van der Waals surface area (Å²) in [5, 5.41) is 3.25. The lowest BCUT2D eigenvalue weighted by Crippen LogP contribution is -2.51. The van der Waals surface area contributed by atoms with E-state index in [2.05, 4.69) is 33.3 Å². The zero-order chi connectivity index (χ0) is 18.0. The first-order chi connectivity index (χ1) is 12.6. The van der Waals surface area contributed by atoms with Crippen molar-refractivity contribution in [2.75, 3.05) is 20.1 Å². The number of fused-ring (bicyclic) bond motifs is 1. The van der Waals surface area contributed by atoms with Gasteiger partial charge in [-0.25, -0.2) is 4.98 Å². The number of likely N-dealkylation sites (tertiary alicyclic amines) is 1. The minimum Gasteiger partial charge on any atom is -0.487 e. The summed E-state index contributed by atoms with van der Waals surface area (Å²) in [7, 11) is 2.15. The van der Waals surface area contributed by atoms with Crippen LogP contribution in [0.1, 0.15) is 43.1 Å². The molecule has 2 N–H and O–H groups in total. The molecular formula is C20H26N4O2. The van der Waals surface area contributed by atoms with Crippen molar-refractivity contribution in [3.63, 3.8) is 0 Å². The molecule has 2 aliphatic heterocycles. The third-order valence-corrected chi connectivity index (χ3v) is 5.57. The summed E-state index contributed by atoms with van der Waals surface area (Å²) in [6, 6.07) is 8.11. The first-order valence-corrected chi connectivity index (χ1v) is 9.38. The third-order valence-electron chi connectivity index (χ3n) is 5.57. The van der Waals surface area contributed by atoms with Crippen molar-refractivity contribution in [2.24, 2.45) is 0 Å². The molecule has 0 saturated carbocycles. The quantitative estimate of drug-likeness (QED) is 0.885. The number of carbonyl (C=O) groups is 1. The van der Waals surface area contributed by atoms with E-state index in [9.17, 15) is 4.79 Å². The Hall–Kier alpha value is -2.34. The number of nitrogens with one attached hydrogen (secondary N) is 2. The fourth-order valence-corrected chi connectivity index (χ4v) is 4.01. The first-order valence-electron chi connectivity index (χ1n) is 9.38. The van der Waals surface area contributed by atoms with E-state index in [1.807, 2.05) is 18.2 Å². The van der Waals surface area contributed by atoms with Crippen LogP contribution in [0.25, 0.3) is 0 Å². The molecule has 1 amide bonds. The number of benzene rings is 1. The molecule has 1 aromatic carbocycles. The molecule has 1 atom stereocenters. The number of amides is 1. The van der Waals surface area contributed by atoms with Crippen LogP contribution in [0.5, 0.6) is 5.75 Å². The Balaban J connectivity index is 1.47. The third kappa shape index (κ3) is 3.60. The van der Waals surface area contributed by atoms with Gasteiger partial charge in [0.15, 0.2) is 0 Å². The van der Waals surface area contributed by atoms with Crippen LogP contribution in [0.4, 0.5) is 0 Å². The minimum atomic E-state index is -0.167. The lowest BCUT2D eigenvalue weighted by Gasteiger charge is -2.46. The molecule has 1 saturated heterocycles. The minimum absolute atomic E-state index is 0.00690. The number of aryl methyl sites for hydroxylation is 1. The van der Waals surface area contributed by atoms with Gasteiger partial charge in [0.05, 0.1) is 6.04 Å². The van der Waals surface area contributed by atoms with E-state index in [1.165, 1.54) is 0 Å².